The van der Waals surface area contributed by atoms with Crippen molar-refractivity contribution >= 4 is 10.1 Å². The average molecular weight is 459 g/mol. The molecule has 0 amide bonds. The minimum atomic E-state index is -4.56. The summed E-state index contributed by atoms with van der Waals surface area (Å²) in [6.45, 7) is 2.21. The second-order valence-electron chi connectivity index (χ2n) is 7.34. The van der Waals surface area contributed by atoms with Crippen LogP contribution in [0.25, 0.3) is 0 Å². The van der Waals surface area contributed by atoms with Crippen LogP contribution in [0.5, 0.6) is 17.2 Å². The van der Waals surface area contributed by atoms with Gasteiger partial charge in [-0.25, -0.2) is 0 Å². The summed E-state index contributed by atoms with van der Waals surface area (Å²) in [6, 6.07) is 11.6. The third-order valence-corrected chi connectivity index (χ3v) is 5.84. The van der Waals surface area contributed by atoms with Crippen LogP contribution >= 0.6 is 0 Å². The summed E-state index contributed by atoms with van der Waals surface area (Å²) in [5.41, 5.74) is 0.298. The molecule has 2 rings (SSSR count). The van der Waals surface area contributed by atoms with Crippen LogP contribution in [-0.2, 0) is 16.5 Å². The van der Waals surface area contributed by atoms with E-state index < -0.39 is 20.8 Å². The van der Waals surface area contributed by atoms with E-state index in [9.17, 15) is 18.1 Å². The van der Waals surface area contributed by atoms with Crippen molar-refractivity contribution in [3.8, 4) is 17.2 Å². The number of para-hydroxylation sites is 1. The summed E-state index contributed by atoms with van der Waals surface area (Å²) >= 11 is 0. The standard InChI is InChI=1S/C23H32O5S.K/c1-2-3-4-5-6-7-8-9-13-16-20-21(28-19-14-11-10-12-15-19)17-18-22(23(20)24)29(25,26)27;/h10-12,14-15,17-18,24H,2-9,13,16H2,1H3,(H,25,26,27);/q;+1/p-1. The number of unbranched alkanes of at least 4 members (excludes halogenated alkanes) is 8. The van der Waals surface area contributed by atoms with Crippen molar-refractivity contribution in [2.75, 3.05) is 0 Å². The molecule has 0 aliphatic carbocycles. The zero-order chi connectivity index (χ0) is 21.1. The molecule has 1 N–H and O–H groups in total. The van der Waals surface area contributed by atoms with E-state index in [0.717, 1.165) is 25.3 Å². The molecule has 0 radical (unpaired) electrons. The number of benzene rings is 2. The summed E-state index contributed by atoms with van der Waals surface area (Å²) in [7, 11) is -4.56. The predicted octanol–water partition coefficient (Wildman–Crippen LogP) is 2.88. The maximum Gasteiger partial charge on any atom is 1.00 e. The van der Waals surface area contributed by atoms with Crippen molar-refractivity contribution in [1.82, 2.24) is 0 Å². The van der Waals surface area contributed by atoms with Gasteiger partial charge in [0.1, 0.15) is 11.5 Å². The van der Waals surface area contributed by atoms with E-state index in [1.807, 2.05) is 18.2 Å². The molecule has 5 nitrogen and oxygen atoms in total. The molecule has 0 aromatic heterocycles. The van der Waals surface area contributed by atoms with Crippen LogP contribution in [0.3, 0.4) is 0 Å². The van der Waals surface area contributed by atoms with E-state index in [1.54, 1.807) is 12.1 Å². The van der Waals surface area contributed by atoms with Gasteiger partial charge in [0, 0.05) is 0 Å². The molecule has 160 valence electrons. The van der Waals surface area contributed by atoms with Crippen molar-refractivity contribution in [3.63, 3.8) is 0 Å². The molecule has 0 unspecified atom stereocenters. The van der Waals surface area contributed by atoms with Gasteiger partial charge in [-0.1, -0.05) is 82.2 Å². The monoisotopic (exact) mass is 458 g/mol. The Morgan fingerprint density at radius 1 is 0.867 bits per heavy atom. The first-order valence-electron chi connectivity index (χ1n) is 10.5. The van der Waals surface area contributed by atoms with Crippen molar-refractivity contribution in [1.29, 1.82) is 0 Å². The second kappa shape index (κ2) is 14.6. The Morgan fingerprint density at radius 3 is 2.00 bits per heavy atom. The van der Waals surface area contributed by atoms with Crippen LogP contribution < -0.4 is 61.2 Å². The zero-order valence-electron chi connectivity index (χ0n) is 18.1. The van der Waals surface area contributed by atoms with Gasteiger partial charge in [-0.15, -0.1) is 0 Å². The molecule has 0 heterocycles. The number of rotatable bonds is 13. The van der Waals surface area contributed by atoms with E-state index in [1.165, 1.54) is 44.6 Å². The largest absolute Gasteiger partial charge is 1.00 e. The van der Waals surface area contributed by atoms with Crippen LogP contribution in [0, 0.1) is 0 Å². The maximum absolute atomic E-state index is 12.7. The molecule has 0 spiro atoms. The molecule has 0 saturated carbocycles. The van der Waals surface area contributed by atoms with E-state index in [4.69, 9.17) is 4.74 Å². The maximum atomic E-state index is 12.7. The Kier molecular flexibility index (Phi) is 13.5. The molecular formula is C23H31KO5S. The molecule has 30 heavy (non-hydrogen) atoms. The third kappa shape index (κ3) is 9.38. The van der Waals surface area contributed by atoms with E-state index >= 15 is 0 Å². The first-order valence-corrected chi connectivity index (χ1v) is 11.9. The van der Waals surface area contributed by atoms with Crippen molar-refractivity contribution in [3.05, 3.63) is 48.0 Å². The third-order valence-electron chi connectivity index (χ3n) is 4.96. The van der Waals surface area contributed by atoms with Gasteiger partial charge < -0.3 is 9.84 Å². The average Bonchev–Trinajstić information content (AvgIpc) is 2.68. The molecular weight excluding hydrogens is 427 g/mol. The SMILES string of the molecule is CCCCCCCCCCCc1c(Oc2ccccc2)ccc(S(=O)(=O)O)c1[O-].[K+]. The molecule has 2 aromatic rings. The van der Waals surface area contributed by atoms with Crippen LogP contribution in [-0.4, -0.2) is 13.0 Å². The number of ether oxygens (including phenoxy) is 1. The summed E-state index contributed by atoms with van der Waals surface area (Å²) in [5.74, 6) is 0.230. The Balaban J connectivity index is 0.00000450. The van der Waals surface area contributed by atoms with Crippen molar-refractivity contribution in [2.24, 2.45) is 0 Å². The van der Waals surface area contributed by atoms with E-state index in [2.05, 4.69) is 6.92 Å². The topological polar surface area (TPSA) is 86.7 Å². The normalized spacial score (nSPS) is 11.1. The molecule has 0 aliphatic rings. The quantitative estimate of drug-likeness (QED) is 0.283. The van der Waals surface area contributed by atoms with Crippen LogP contribution in [0.2, 0.25) is 0 Å². The Bertz CT molecular complexity index is 853. The molecule has 0 saturated heterocycles. The molecule has 7 heteroatoms. The summed E-state index contributed by atoms with van der Waals surface area (Å²) in [5, 5.41) is 12.7. The fraction of sp³-hybridized carbons (Fsp3) is 0.478. The van der Waals surface area contributed by atoms with Gasteiger partial charge in [0.25, 0.3) is 10.1 Å². The van der Waals surface area contributed by atoms with Gasteiger partial charge in [-0.3, -0.25) is 4.55 Å². The zero-order valence-corrected chi connectivity index (χ0v) is 22.0. The summed E-state index contributed by atoms with van der Waals surface area (Å²) < 4.78 is 38.2. The summed E-state index contributed by atoms with van der Waals surface area (Å²) in [6.07, 6.45) is 10.7. The van der Waals surface area contributed by atoms with Gasteiger partial charge in [0.05, 0.1) is 4.90 Å². The molecule has 2 aromatic carbocycles. The fourth-order valence-corrected chi connectivity index (χ4v) is 3.95. The van der Waals surface area contributed by atoms with E-state index in [0.29, 0.717) is 23.5 Å². The van der Waals surface area contributed by atoms with Gasteiger partial charge in [-0.2, -0.15) is 8.42 Å². The molecule has 0 aliphatic heterocycles. The van der Waals surface area contributed by atoms with Crippen LogP contribution in [0.15, 0.2) is 47.4 Å². The van der Waals surface area contributed by atoms with Crippen LogP contribution in [0.1, 0.15) is 70.3 Å². The van der Waals surface area contributed by atoms with Gasteiger partial charge >= 0.3 is 51.4 Å². The smallest absolute Gasteiger partial charge is 0.871 e. The molecule has 0 bridgehead atoms. The van der Waals surface area contributed by atoms with Gasteiger partial charge in [0.15, 0.2) is 0 Å². The Morgan fingerprint density at radius 2 is 1.43 bits per heavy atom. The van der Waals surface area contributed by atoms with Gasteiger partial charge in [-0.05, 0) is 42.7 Å². The molecule has 0 atom stereocenters. The van der Waals surface area contributed by atoms with Crippen LogP contribution in [0.4, 0.5) is 0 Å². The second-order valence-corrected chi connectivity index (χ2v) is 8.73. The summed E-state index contributed by atoms with van der Waals surface area (Å²) in [4.78, 5) is -0.594. The first-order chi connectivity index (χ1) is 13.9. The predicted molar refractivity (Wildman–Crippen MR) is 113 cm³/mol. The Labute approximate surface area is 223 Å². The van der Waals surface area contributed by atoms with Crippen molar-refractivity contribution < 1.29 is 74.2 Å². The fourth-order valence-electron chi connectivity index (χ4n) is 3.35. The first kappa shape index (κ1) is 27.6. The van der Waals surface area contributed by atoms with Gasteiger partial charge in [0.2, 0.25) is 0 Å². The molecule has 0 fully saturated rings. The number of hydrogen-bond acceptors (Lipinski definition) is 4. The Hall–Kier alpha value is -0.414. The number of hydrogen-bond donors (Lipinski definition) is 1. The van der Waals surface area contributed by atoms with Crippen molar-refractivity contribution in [2.45, 2.75) is 76.0 Å². The van der Waals surface area contributed by atoms with E-state index in [-0.39, 0.29) is 51.4 Å². The minimum absolute atomic E-state index is 0. The minimum Gasteiger partial charge on any atom is -0.871 e.